The zero-order valence-corrected chi connectivity index (χ0v) is 6.82. The van der Waals surface area contributed by atoms with Crippen molar-refractivity contribution in [3.63, 3.8) is 0 Å². The molecule has 0 aliphatic carbocycles. The van der Waals surface area contributed by atoms with Crippen molar-refractivity contribution in [2.45, 2.75) is 0 Å². The lowest BCUT2D eigenvalue weighted by Gasteiger charge is -1.83. The summed E-state index contributed by atoms with van der Waals surface area (Å²) < 4.78 is 0. The molecule has 58 valence electrons. The first-order valence-corrected chi connectivity index (χ1v) is 3.74. The Bertz CT molecular complexity index is 280. The molecule has 0 aliphatic rings. The molecule has 0 aliphatic heterocycles. The first-order chi connectivity index (χ1) is 5.11. The van der Waals surface area contributed by atoms with Crippen molar-refractivity contribution in [3.05, 3.63) is 21.3 Å². The molecule has 0 amide bonds. The van der Waals surface area contributed by atoms with Crippen molar-refractivity contribution in [2.24, 2.45) is 5.73 Å². The van der Waals surface area contributed by atoms with Crippen molar-refractivity contribution >= 4 is 33.5 Å². The van der Waals surface area contributed by atoms with Gasteiger partial charge in [0.1, 0.15) is 11.2 Å². The third kappa shape index (κ3) is 1.69. The average molecular weight is 189 g/mol. The molecule has 7 heteroatoms. The molecule has 1 rings (SSSR count). The summed E-state index contributed by atoms with van der Waals surface area (Å²) in [7, 11) is 0. The summed E-state index contributed by atoms with van der Waals surface area (Å²) in [6.07, 6.45) is 1.14. The number of hydrogen-bond donors (Lipinski definition) is 1. The Labute approximate surface area is 71.0 Å². The SMILES string of the molecule is NC(=S)c1ncc([N+](=O)[O-])s1. The van der Waals surface area contributed by atoms with Crippen molar-refractivity contribution in [3.8, 4) is 0 Å². The van der Waals surface area contributed by atoms with Gasteiger partial charge in [-0.2, -0.15) is 0 Å². The minimum Gasteiger partial charge on any atom is -0.387 e. The average Bonchev–Trinajstić information content (AvgIpc) is 2.33. The monoisotopic (exact) mass is 189 g/mol. The zero-order valence-electron chi connectivity index (χ0n) is 5.18. The Balaban J connectivity index is 2.99. The predicted octanol–water partition coefficient (Wildman–Crippen LogP) is 0.685. The van der Waals surface area contributed by atoms with Crippen LogP contribution in [0.15, 0.2) is 6.20 Å². The molecule has 0 aromatic carbocycles. The highest BCUT2D eigenvalue weighted by molar-refractivity contribution is 7.81. The molecular weight excluding hydrogens is 186 g/mol. The molecule has 2 N–H and O–H groups in total. The normalized spacial score (nSPS) is 9.45. The van der Waals surface area contributed by atoms with E-state index in [-0.39, 0.29) is 9.99 Å². The molecule has 0 saturated heterocycles. The first-order valence-electron chi connectivity index (χ1n) is 2.51. The Morgan fingerprint density at radius 3 is 2.82 bits per heavy atom. The zero-order chi connectivity index (χ0) is 8.43. The number of hydrogen-bond acceptors (Lipinski definition) is 5. The van der Waals surface area contributed by atoms with Crippen molar-refractivity contribution in [1.82, 2.24) is 4.98 Å². The van der Waals surface area contributed by atoms with Gasteiger partial charge in [-0.25, -0.2) is 4.98 Å². The van der Waals surface area contributed by atoms with Gasteiger partial charge in [0, 0.05) is 0 Å². The smallest absolute Gasteiger partial charge is 0.344 e. The van der Waals surface area contributed by atoms with Gasteiger partial charge >= 0.3 is 5.00 Å². The highest BCUT2D eigenvalue weighted by atomic mass is 32.1. The van der Waals surface area contributed by atoms with Gasteiger partial charge in [-0.05, 0) is 11.3 Å². The van der Waals surface area contributed by atoms with E-state index in [0.717, 1.165) is 17.5 Å². The summed E-state index contributed by atoms with van der Waals surface area (Å²) in [5.74, 6) is 0. The number of aromatic nitrogens is 1. The summed E-state index contributed by atoms with van der Waals surface area (Å²) in [6, 6.07) is 0. The molecule has 0 unspecified atom stereocenters. The molecule has 0 radical (unpaired) electrons. The quantitative estimate of drug-likeness (QED) is 0.420. The fraction of sp³-hybridized carbons (Fsp3) is 0. The molecule has 0 bridgehead atoms. The Morgan fingerprint density at radius 2 is 2.55 bits per heavy atom. The number of nitrogens with zero attached hydrogens (tertiary/aromatic N) is 2. The minimum absolute atomic E-state index is 0.0483. The number of nitrogens with two attached hydrogens (primary N) is 1. The largest absolute Gasteiger partial charge is 0.387 e. The predicted molar refractivity (Wildman–Crippen MR) is 44.7 cm³/mol. The molecule has 0 fully saturated rings. The number of thiocarbonyl (C=S) groups is 1. The van der Waals surface area contributed by atoms with Gasteiger partial charge in [0.2, 0.25) is 0 Å². The van der Waals surface area contributed by atoms with Crippen LogP contribution in [0.2, 0.25) is 0 Å². The minimum atomic E-state index is -0.528. The number of rotatable bonds is 2. The Morgan fingerprint density at radius 1 is 1.91 bits per heavy atom. The van der Waals surface area contributed by atoms with Crippen LogP contribution in [0, 0.1) is 10.1 Å². The summed E-state index contributed by atoms with van der Waals surface area (Å²) in [6.45, 7) is 0. The maximum atomic E-state index is 10.1. The van der Waals surface area contributed by atoms with E-state index in [4.69, 9.17) is 5.73 Å². The van der Waals surface area contributed by atoms with Crippen molar-refractivity contribution < 1.29 is 4.92 Å². The van der Waals surface area contributed by atoms with Gasteiger partial charge in [-0.15, -0.1) is 0 Å². The summed E-state index contributed by atoms with van der Waals surface area (Å²) in [5.41, 5.74) is 5.18. The van der Waals surface area contributed by atoms with E-state index >= 15 is 0 Å². The standard InChI is InChI=1S/C4H3N3O2S2/c5-3(10)4-6-1-2(11-4)7(8)9/h1H,(H2,5,10). The van der Waals surface area contributed by atoms with E-state index in [1.54, 1.807) is 0 Å². The van der Waals surface area contributed by atoms with Crippen LogP contribution in [0.5, 0.6) is 0 Å². The van der Waals surface area contributed by atoms with E-state index in [9.17, 15) is 10.1 Å². The lowest BCUT2D eigenvalue weighted by atomic mass is 10.7. The second-order valence-electron chi connectivity index (χ2n) is 1.63. The second kappa shape index (κ2) is 2.89. The van der Waals surface area contributed by atoms with E-state index in [2.05, 4.69) is 17.2 Å². The second-order valence-corrected chi connectivity index (χ2v) is 3.07. The summed E-state index contributed by atoms with van der Waals surface area (Å²) >= 11 is 5.44. The van der Waals surface area contributed by atoms with Crippen LogP contribution in [-0.4, -0.2) is 14.9 Å². The lowest BCUT2D eigenvalue weighted by Crippen LogP contribution is -2.07. The van der Waals surface area contributed by atoms with Crippen LogP contribution in [-0.2, 0) is 0 Å². The van der Waals surface area contributed by atoms with Crippen LogP contribution in [0.4, 0.5) is 5.00 Å². The van der Waals surface area contributed by atoms with Crippen molar-refractivity contribution in [1.29, 1.82) is 0 Å². The van der Waals surface area contributed by atoms with Crippen LogP contribution < -0.4 is 5.73 Å². The molecule has 0 spiro atoms. The van der Waals surface area contributed by atoms with Crippen LogP contribution in [0.25, 0.3) is 0 Å². The van der Waals surface area contributed by atoms with E-state index in [1.807, 2.05) is 0 Å². The molecular formula is C4H3N3O2S2. The van der Waals surface area contributed by atoms with Gasteiger partial charge in [0.05, 0.1) is 4.92 Å². The molecule has 1 aromatic rings. The fourth-order valence-electron chi connectivity index (χ4n) is 0.464. The van der Waals surface area contributed by atoms with Crippen molar-refractivity contribution in [2.75, 3.05) is 0 Å². The molecule has 1 aromatic heterocycles. The fourth-order valence-corrected chi connectivity index (χ4v) is 1.23. The Kier molecular flexibility index (Phi) is 2.11. The maximum absolute atomic E-state index is 10.1. The molecule has 1 heterocycles. The van der Waals surface area contributed by atoms with Gasteiger partial charge in [0.25, 0.3) is 0 Å². The van der Waals surface area contributed by atoms with Gasteiger partial charge in [-0.3, -0.25) is 10.1 Å². The van der Waals surface area contributed by atoms with Gasteiger partial charge in [-0.1, -0.05) is 12.2 Å². The topological polar surface area (TPSA) is 82.0 Å². The van der Waals surface area contributed by atoms with Crippen LogP contribution in [0.1, 0.15) is 5.01 Å². The lowest BCUT2D eigenvalue weighted by molar-refractivity contribution is -0.380. The molecule has 11 heavy (non-hydrogen) atoms. The Hall–Kier alpha value is -1.08. The molecule has 5 nitrogen and oxygen atoms in total. The molecule has 0 atom stereocenters. The van der Waals surface area contributed by atoms with Crippen LogP contribution >= 0.6 is 23.6 Å². The van der Waals surface area contributed by atoms with E-state index in [0.29, 0.717) is 5.01 Å². The molecule has 0 saturated carbocycles. The highest BCUT2D eigenvalue weighted by Gasteiger charge is 2.12. The maximum Gasteiger partial charge on any atom is 0.344 e. The summed E-state index contributed by atoms with van der Waals surface area (Å²) in [5, 5.41) is 10.4. The van der Waals surface area contributed by atoms with Gasteiger partial charge < -0.3 is 5.73 Å². The third-order valence-corrected chi connectivity index (χ3v) is 2.19. The number of thiazole rings is 1. The van der Waals surface area contributed by atoms with E-state index in [1.165, 1.54) is 0 Å². The number of nitro groups is 1. The van der Waals surface area contributed by atoms with E-state index < -0.39 is 4.92 Å². The first kappa shape index (κ1) is 8.02. The van der Waals surface area contributed by atoms with Gasteiger partial charge in [0.15, 0.2) is 5.01 Å². The van der Waals surface area contributed by atoms with Crippen LogP contribution in [0.3, 0.4) is 0 Å². The summed E-state index contributed by atoms with van der Waals surface area (Å²) in [4.78, 5) is 13.3. The highest BCUT2D eigenvalue weighted by Crippen LogP contribution is 2.20. The third-order valence-electron chi connectivity index (χ3n) is 0.884.